The van der Waals surface area contributed by atoms with Gasteiger partial charge in [0.1, 0.15) is 11.8 Å². The summed E-state index contributed by atoms with van der Waals surface area (Å²) in [5, 5.41) is 8.20. The number of piperazine rings is 1. The van der Waals surface area contributed by atoms with Gasteiger partial charge in [-0.1, -0.05) is 54.7 Å². The van der Waals surface area contributed by atoms with Crippen molar-refractivity contribution in [1.82, 2.24) is 20.0 Å². The normalized spacial score (nSPS) is 18.0. The molecule has 16 heteroatoms. The van der Waals surface area contributed by atoms with E-state index in [2.05, 4.69) is 25.8 Å². The van der Waals surface area contributed by atoms with Crippen molar-refractivity contribution < 1.29 is 42.8 Å². The van der Waals surface area contributed by atoms with Gasteiger partial charge in [-0.15, -0.1) is 0 Å². The Balaban J connectivity index is 0.881. The zero-order valence-electron chi connectivity index (χ0n) is 35.2. The Morgan fingerprint density at radius 3 is 2.30 bits per heavy atom. The predicted molar refractivity (Wildman–Crippen MR) is 232 cm³/mol. The van der Waals surface area contributed by atoms with Gasteiger partial charge in [-0.25, -0.2) is 0 Å². The van der Waals surface area contributed by atoms with Crippen molar-refractivity contribution >= 4 is 58.0 Å². The number of hydrogen-bond donors (Lipinski definition) is 3. The van der Waals surface area contributed by atoms with Crippen molar-refractivity contribution in [1.29, 1.82) is 0 Å². The molecule has 0 saturated carbocycles. The van der Waals surface area contributed by atoms with Crippen LogP contribution in [0.3, 0.4) is 0 Å². The number of nitrogens with one attached hydrogen (secondary N) is 3. The van der Waals surface area contributed by atoms with Gasteiger partial charge in [0, 0.05) is 44.7 Å². The van der Waals surface area contributed by atoms with Crippen molar-refractivity contribution in [3.63, 3.8) is 0 Å². The van der Waals surface area contributed by atoms with Crippen LogP contribution < -0.4 is 25.4 Å². The summed E-state index contributed by atoms with van der Waals surface area (Å²) in [4.78, 5) is 82.8. The topological polar surface area (TPSA) is 190 Å². The monoisotopic (exact) mass is 856 g/mol. The van der Waals surface area contributed by atoms with E-state index in [1.165, 1.54) is 13.4 Å². The van der Waals surface area contributed by atoms with Crippen LogP contribution in [0, 0.1) is 0 Å². The van der Waals surface area contributed by atoms with Gasteiger partial charge < -0.3 is 29.6 Å². The fourth-order valence-corrected chi connectivity index (χ4v) is 8.94. The molecule has 0 bridgehead atoms. The number of ether oxygens (including phenoxy) is 2. The molecule has 6 amide bonds. The van der Waals surface area contributed by atoms with E-state index < -0.39 is 29.0 Å². The van der Waals surface area contributed by atoms with Crippen LogP contribution in [0.4, 0.5) is 11.4 Å². The molecular weight excluding hydrogens is 801 g/mol. The molecule has 0 aliphatic carbocycles. The SMILES string of the molecule is CCOc1cc(C(C[S+](C)[O-])N2C(=O)c3cccc(NC(=O)CCCCCCCN4CCN(CC(=O)Nc5ccc(C6CCC(=O)NC6=O)cc5)CC4)c3C2=O)ccc1OC. The quantitative estimate of drug-likeness (QED) is 0.0800. The third kappa shape index (κ3) is 11.8. The molecule has 2 saturated heterocycles. The van der Waals surface area contributed by atoms with E-state index in [9.17, 15) is 33.3 Å². The summed E-state index contributed by atoms with van der Waals surface area (Å²) in [7, 11) is 1.52. The number of carbonyl (C=O) groups excluding carboxylic acids is 6. The Morgan fingerprint density at radius 1 is 0.869 bits per heavy atom. The van der Waals surface area contributed by atoms with Crippen LogP contribution in [0.25, 0.3) is 0 Å². The Hall–Kier alpha value is -5.29. The molecule has 3 aromatic rings. The smallest absolute Gasteiger partial charge is 0.264 e. The summed E-state index contributed by atoms with van der Waals surface area (Å²) in [5.41, 5.74) is 2.67. The number of rotatable bonds is 20. The first-order chi connectivity index (χ1) is 29.4. The number of anilines is 2. The Labute approximate surface area is 360 Å². The number of imide groups is 2. The molecule has 3 aliphatic heterocycles. The molecule has 0 spiro atoms. The molecule has 326 valence electrons. The summed E-state index contributed by atoms with van der Waals surface area (Å²) in [6, 6.07) is 16.4. The molecule has 15 nitrogen and oxygen atoms in total. The largest absolute Gasteiger partial charge is 0.616 e. The molecular formula is C45H56N6O9S. The minimum atomic E-state index is -1.36. The van der Waals surface area contributed by atoms with E-state index in [0.29, 0.717) is 55.2 Å². The standard InChI is InChI=1S/C45H56N6O9S/c1-4-60-38-27-31(16-20-37(38)59-2)36(29-61(3)58)51-44(56)34-11-10-12-35(42(34)45(51)57)47-39(52)13-8-6-5-7-9-22-49-23-25-50(26-24-49)28-41(54)46-32-17-14-30(15-18-32)33-19-21-40(53)48-43(33)55/h10-12,14-18,20,27,33,36H,4-9,13,19,21-26,28-29H2,1-3H3,(H,46,54)(H,47,52)(H,48,53,55). The van der Waals surface area contributed by atoms with Gasteiger partial charge in [0.2, 0.25) is 23.6 Å². The average molecular weight is 857 g/mol. The summed E-state index contributed by atoms with van der Waals surface area (Å²) >= 11 is -1.36. The molecule has 61 heavy (non-hydrogen) atoms. The highest BCUT2D eigenvalue weighted by molar-refractivity contribution is 7.90. The molecule has 0 aromatic heterocycles. The number of unbranched alkanes of at least 4 members (excludes halogenated alkanes) is 4. The van der Waals surface area contributed by atoms with Gasteiger partial charge in [-0.2, -0.15) is 0 Å². The van der Waals surface area contributed by atoms with Crippen LogP contribution >= 0.6 is 0 Å². The van der Waals surface area contributed by atoms with Crippen LogP contribution in [0.15, 0.2) is 60.7 Å². The van der Waals surface area contributed by atoms with Crippen molar-refractivity contribution in [2.24, 2.45) is 0 Å². The van der Waals surface area contributed by atoms with E-state index in [-0.39, 0.29) is 58.5 Å². The second-order valence-corrected chi connectivity index (χ2v) is 17.1. The zero-order valence-corrected chi connectivity index (χ0v) is 36.0. The van der Waals surface area contributed by atoms with Crippen LogP contribution in [0.2, 0.25) is 0 Å². The lowest BCUT2D eigenvalue weighted by atomic mass is 9.90. The molecule has 3 atom stereocenters. The summed E-state index contributed by atoms with van der Waals surface area (Å²) in [6.45, 7) is 6.88. The number of amides is 6. The van der Waals surface area contributed by atoms with Gasteiger partial charge in [0.25, 0.3) is 11.8 Å². The molecule has 3 N–H and O–H groups in total. The third-order valence-electron chi connectivity index (χ3n) is 11.3. The van der Waals surface area contributed by atoms with Gasteiger partial charge in [0.05, 0.1) is 49.2 Å². The van der Waals surface area contributed by atoms with Gasteiger partial charge in [0.15, 0.2) is 11.5 Å². The highest BCUT2D eigenvalue weighted by atomic mass is 32.2. The van der Waals surface area contributed by atoms with Crippen molar-refractivity contribution in [3.8, 4) is 11.5 Å². The first-order valence-electron chi connectivity index (χ1n) is 21.0. The second kappa shape index (κ2) is 21.5. The van der Waals surface area contributed by atoms with Crippen LogP contribution in [-0.4, -0.2) is 120 Å². The maximum absolute atomic E-state index is 14.0. The fraction of sp³-hybridized carbons (Fsp3) is 0.467. The number of carbonyl (C=O) groups is 6. The molecule has 3 aromatic carbocycles. The van der Waals surface area contributed by atoms with Crippen LogP contribution in [0.1, 0.15) is 102 Å². The molecule has 3 heterocycles. The van der Waals surface area contributed by atoms with E-state index in [0.717, 1.165) is 68.9 Å². The highest BCUT2D eigenvalue weighted by Gasteiger charge is 2.44. The first-order valence-corrected chi connectivity index (χ1v) is 22.8. The maximum Gasteiger partial charge on any atom is 0.264 e. The molecule has 2 fully saturated rings. The minimum absolute atomic E-state index is 0.0259. The second-order valence-electron chi connectivity index (χ2n) is 15.7. The minimum Gasteiger partial charge on any atom is -0.616 e. The summed E-state index contributed by atoms with van der Waals surface area (Å²) < 4.78 is 23.7. The Bertz CT molecular complexity index is 2070. The van der Waals surface area contributed by atoms with Crippen molar-refractivity contribution in [2.75, 3.05) is 75.6 Å². The molecule has 0 radical (unpaired) electrons. The number of fused-ring (bicyclic) bond motifs is 1. The van der Waals surface area contributed by atoms with E-state index in [4.69, 9.17) is 9.47 Å². The van der Waals surface area contributed by atoms with Crippen LogP contribution in [-0.2, 0) is 30.4 Å². The third-order valence-corrected chi connectivity index (χ3v) is 12.1. The Morgan fingerprint density at radius 2 is 1.59 bits per heavy atom. The van der Waals surface area contributed by atoms with E-state index >= 15 is 0 Å². The number of nitrogens with zero attached hydrogens (tertiary/aromatic N) is 3. The Kier molecular flexibility index (Phi) is 15.9. The maximum atomic E-state index is 14.0. The number of piperidine rings is 1. The molecule has 3 unspecified atom stereocenters. The zero-order chi connectivity index (χ0) is 43.5. The molecule has 3 aliphatic rings. The highest BCUT2D eigenvalue weighted by Crippen LogP contribution is 2.39. The fourth-order valence-electron chi connectivity index (χ4n) is 8.15. The number of benzene rings is 3. The molecule has 6 rings (SSSR count). The van der Waals surface area contributed by atoms with Gasteiger partial charge >= 0.3 is 0 Å². The van der Waals surface area contributed by atoms with E-state index in [1.807, 2.05) is 19.1 Å². The lowest BCUT2D eigenvalue weighted by Crippen LogP contribution is -2.48. The van der Waals surface area contributed by atoms with Gasteiger partial charge in [-0.05, 0) is 80.3 Å². The van der Waals surface area contributed by atoms with Crippen molar-refractivity contribution in [2.45, 2.75) is 70.3 Å². The predicted octanol–water partition coefficient (Wildman–Crippen LogP) is 4.87. The summed E-state index contributed by atoms with van der Waals surface area (Å²) in [5.74, 6) is -1.30. The van der Waals surface area contributed by atoms with Crippen LogP contribution in [0.5, 0.6) is 11.5 Å². The first kappa shape index (κ1) is 45.2. The van der Waals surface area contributed by atoms with Gasteiger partial charge in [-0.3, -0.25) is 43.9 Å². The number of hydrogen-bond acceptors (Lipinski definition) is 11. The van der Waals surface area contributed by atoms with E-state index in [1.54, 1.807) is 48.5 Å². The summed E-state index contributed by atoms with van der Waals surface area (Å²) in [6.07, 6.45) is 7.25. The average Bonchev–Trinajstić information content (AvgIpc) is 3.49. The van der Waals surface area contributed by atoms with Crippen molar-refractivity contribution in [3.05, 3.63) is 82.9 Å². The lowest BCUT2D eigenvalue weighted by molar-refractivity contribution is -0.134. The lowest BCUT2D eigenvalue weighted by Gasteiger charge is -2.34. The number of methoxy groups -OCH3 is 1.